The zero-order chi connectivity index (χ0) is 20.4. The molecule has 1 atom stereocenters. The highest BCUT2D eigenvalue weighted by Gasteiger charge is 2.17. The van der Waals surface area contributed by atoms with E-state index in [1.807, 2.05) is 25.1 Å². The van der Waals surface area contributed by atoms with Gasteiger partial charge in [0.1, 0.15) is 6.10 Å². The van der Waals surface area contributed by atoms with Crippen molar-refractivity contribution in [1.29, 1.82) is 0 Å². The van der Waals surface area contributed by atoms with Gasteiger partial charge in [0.05, 0.1) is 5.02 Å². The summed E-state index contributed by atoms with van der Waals surface area (Å²) >= 11 is 5.96. The van der Waals surface area contributed by atoms with Crippen molar-refractivity contribution >= 4 is 29.0 Å². The van der Waals surface area contributed by atoms with Gasteiger partial charge in [-0.1, -0.05) is 23.7 Å². The van der Waals surface area contributed by atoms with Gasteiger partial charge in [-0.2, -0.15) is 0 Å². The minimum absolute atomic E-state index is 0.160. The van der Waals surface area contributed by atoms with Crippen LogP contribution in [-0.4, -0.2) is 17.7 Å². The van der Waals surface area contributed by atoms with E-state index < -0.39 is 0 Å². The maximum Gasteiger partial charge on any atom is 0.255 e. The molecule has 1 aromatic heterocycles. The summed E-state index contributed by atoms with van der Waals surface area (Å²) in [6, 6.07) is 14.0. The van der Waals surface area contributed by atoms with Crippen LogP contribution < -0.4 is 25.3 Å². The molecule has 7 nitrogen and oxygen atoms in total. The Bertz CT molecular complexity index is 1070. The molecule has 29 heavy (non-hydrogen) atoms. The third-order valence-electron chi connectivity index (χ3n) is 4.40. The van der Waals surface area contributed by atoms with Gasteiger partial charge < -0.3 is 25.3 Å². The Balaban J connectivity index is 1.48. The van der Waals surface area contributed by atoms with E-state index in [9.17, 15) is 4.79 Å². The van der Waals surface area contributed by atoms with Crippen LogP contribution in [0.25, 0.3) is 0 Å². The summed E-state index contributed by atoms with van der Waals surface area (Å²) in [6.07, 6.45) is 1.13. The molecule has 2 aromatic carbocycles. The maximum absolute atomic E-state index is 12.6. The van der Waals surface area contributed by atoms with Gasteiger partial charge >= 0.3 is 0 Å². The van der Waals surface area contributed by atoms with Crippen molar-refractivity contribution in [2.75, 3.05) is 17.8 Å². The number of rotatable bonds is 5. The molecule has 1 amide bonds. The standard InChI is InChI=1S/C21H18ClN3O4/c1-12(29-19-9-15(22)10-24-20(19)23)13-3-2-4-16(7-13)25-21(26)14-5-6-17-18(8-14)28-11-27-17/h2-10,12H,11H2,1H3,(H2,23,24)(H,25,26). The van der Waals surface area contributed by atoms with Crippen LogP contribution in [0.1, 0.15) is 28.9 Å². The van der Waals surface area contributed by atoms with Crippen molar-refractivity contribution in [3.63, 3.8) is 0 Å². The van der Waals surface area contributed by atoms with Gasteiger partial charge in [0.25, 0.3) is 5.91 Å². The molecule has 0 radical (unpaired) electrons. The molecule has 2 heterocycles. The average Bonchev–Trinajstić information content (AvgIpc) is 3.18. The Morgan fingerprint density at radius 2 is 2.03 bits per heavy atom. The van der Waals surface area contributed by atoms with Crippen LogP contribution in [0.5, 0.6) is 17.2 Å². The number of pyridine rings is 1. The monoisotopic (exact) mass is 411 g/mol. The van der Waals surface area contributed by atoms with E-state index in [0.717, 1.165) is 5.56 Å². The molecular weight excluding hydrogens is 394 g/mol. The van der Waals surface area contributed by atoms with Crippen molar-refractivity contribution in [3.05, 3.63) is 70.9 Å². The SMILES string of the molecule is CC(Oc1cc(Cl)cnc1N)c1cccc(NC(=O)c2ccc3c(c2)OCO3)c1. The summed E-state index contributed by atoms with van der Waals surface area (Å²) in [5.41, 5.74) is 7.81. The van der Waals surface area contributed by atoms with Gasteiger partial charge in [0.15, 0.2) is 23.1 Å². The van der Waals surface area contributed by atoms with Crippen molar-refractivity contribution in [1.82, 2.24) is 4.98 Å². The first kappa shape index (κ1) is 18.9. The van der Waals surface area contributed by atoms with Crippen molar-refractivity contribution in [2.24, 2.45) is 0 Å². The van der Waals surface area contributed by atoms with Gasteiger partial charge in [-0.25, -0.2) is 4.98 Å². The van der Waals surface area contributed by atoms with E-state index in [0.29, 0.717) is 33.5 Å². The van der Waals surface area contributed by atoms with E-state index in [2.05, 4.69) is 10.3 Å². The third kappa shape index (κ3) is 4.20. The van der Waals surface area contributed by atoms with E-state index in [4.69, 9.17) is 31.5 Å². The maximum atomic E-state index is 12.6. The summed E-state index contributed by atoms with van der Waals surface area (Å²) < 4.78 is 16.5. The zero-order valence-electron chi connectivity index (χ0n) is 15.5. The van der Waals surface area contributed by atoms with Crippen molar-refractivity contribution in [3.8, 4) is 17.2 Å². The molecular formula is C21H18ClN3O4. The molecule has 1 aliphatic rings. The van der Waals surface area contributed by atoms with Crippen LogP contribution in [0.3, 0.4) is 0 Å². The van der Waals surface area contributed by atoms with Crippen molar-refractivity contribution < 1.29 is 19.0 Å². The van der Waals surface area contributed by atoms with Gasteiger partial charge in [0, 0.05) is 23.5 Å². The number of hydrogen-bond donors (Lipinski definition) is 2. The molecule has 3 aromatic rings. The Hall–Kier alpha value is -3.45. The van der Waals surface area contributed by atoms with E-state index in [1.165, 1.54) is 6.20 Å². The molecule has 8 heteroatoms. The third-order valence-corrected chi connectivity index (χ3v) is 4.61. The number of halogens is 1. The smallest absolute Gasteiger partial charge is 0.255 e. The highest BCUT2D eigenvalue weighted by molar-refractivity contribution is 6.30. The van der Waals surface area contributed by atoms with Crippen LogP contribution in [0, 0.1) is 0 Å². The van der Waals surface area contributed by atoms with Gasteiger partial charge in [-0.15, -0.1) is 0 Å². The fraction of sp³-hybridized carbons (Fsp3) is 0.143. The number of anilines is 2. The summed E-state index contributed by atoms with van der Waals surface area (Å²) in [4.78, 5) is 16.6. The zero-order valence-corrected chi connectivity index (χ0v) is 16.3. The van der Waals surface area contributed by atoms with Crippen LogP contribution in [0.4, 0.5) is 11.5 Å². The minimum atomic E-state index is -0.333. The van der Waals surface area contributed by atoms with Crippen molar-refractivity contribution in [2.45, 2.75) is 13.0 Å². The number of nitrogen functional groups attached to an aromatic ring is 1. The lowest BCUT2D eigenvalue weighted by Gasteiger charge is -2.17. The number of nitrogens with one attached hydrogen (secondary N) is 1. The topological polar surface area (TPSA) is 95.7 Å². The molecule has 1 unspecified atom stereocenters. The lowest BCUT2D eigenvalue weighted by molar-refractivity contribution is 0.102. The molecule has 3 N–H and O–H groups in total. The number of carbonyl (C=O) groups excluding carboxylic acids is 1. The highest BCUT2D eigenvalue weighted by atomic mass is 35.5. The van der Waals surface area contributed by atoms with Gasteiger partial charge in [-0.3, -0.25) is 4.79 Å². The van der Waals surface area contributed by atoms with Crippen LogP contribution in [0.15, 0.2) is 54.7 Å². The van der Waals surface area contributed by atoms with E-state index >= 15 is 0 Å². The molecule has 148 valence electrons. The normalized spacial score (nSPS) is 13.0. The molecule has 0 spiro atoms. The fourth-order valence-corrected chi connectivity index (χ4v) is 3.04. The largest absolute Gasteiger partial charge is 0.482 e. The summed E-state index contributed by atoms with van der Waals surface area (Å²) in [5, 5.41) is 3.32. The fourth-order valence-electron chi connectivity index (χ4n) is 2.89. The van der Waals surface area contributed by atoms with Gasteiger partial charge in [-0.05, 0) is 42.8 Å². The van der Waals surface area contributed by atoms with Crippen LogP contribution >= 0.6 is 11.6 Å². The first-order chi connectivity index (χ1) is 14.0. The number of carbonyl (C=O) groups is 1. The molecule has 1 aliphatic heterocycles. The second-order valence-electron chi connectivity index (χ2n) is 6.44. The van der Waals surface area contributed by atoms with E-state index in [-0.39, 0.29) is 24.6 Å². The molecule has 0 aliphatic carbocycles. The van der Waals surface area contributed by atoms with Gasteiger partial charge in [0.2, 0.25) is 6.79 Å². The predicted octanol–water partition coefficient (Wildman–Crippen LogP) is 4.44. The lowest BCUT2D eigenvalue weighted by atomic mass is 10.1. The summed E-state index contributed by atoms with van der Waals surface area (Å²) in [7, 11) is 0. The number of nitrogens with two attached hydrogens (primary N) is 1. The minimum Gasteiger partial charge on any atom is -0.482 e. The Morgan fingerprint density at radius 3 is 2.90 bits per heavy atom. The highest BCUT2D eigenvalue weighted by Crippen LogP contribution is 2.33. The first-order valence-electron chi connectivity index (χ1n) is 8.88. The number of nitrogens with zero attached hydrogens (tertiary/aromatic N) is 1. The second-order valence-corrected chi connectivity index (χ2v) is 6.88. The number of ether oxygens (including phenoxy) is 3. The predicted molar refractivity (Wildman–Crippen MR) is 110 cm³/mol. The molecule has 0 fully saturated rings. The number of benzene rings is 2. The first-order valence-corrected chi connectivity index (χ1v) is 9.26. The number of fused-ring (bicyclic) bond motifs is 1. The quantitative estimate of drug-likeness (QED) is 0.644. The van der Waals surface area contributed by atoms with Crippen LogP contribution in [-0.2, 0) is 0 Å². The number of amides is 1. The summed E-state index contributed by atoms with van der Waals surface area (Å²) in [5.74, 6) is 1.59. The molecule has 0 saturated heterocycles. The Labute approximate surface area is 172 Å². The Kier molecular flexibility index (Phi) is 5.14. The second kappa shape index (κ2) is 7.89. The number of aromatic nitrogens is 1. The lowest BCUT2D eigenvalue weighted by Crippen LogP contribution is -2.12. The summed E-state index contributed by atoms with van der Waals surface area (Å²) in [6.45, 7) is 2.03. The molecule has 0 saturated carbocycles. The Morgan fingerprint density at radius 1 is 1.21 bits per heavy atom. The molecule has 0 bridgehead atoms. The van der Waals surface area contributed by atoms with E-state index in [1.54, 1.807) is 30.3 Å². The number of hydrogen-bond acceptors (Lipinski definition) is 6. The average molecular weight is 412 g/mol. The van der Waals surface area contributed by atoms with Crippen LogP contribution in [0.2, 0.25) is 5.02 Å². The molecule has 4 rings (SSSR count).